The van der Waals surface area contributed by atoms with Gasteiger partial charge in [-0.3, -0.25) is 9.59 Å². The van der Waals surface area contributed by atoms with Crippen molar-refractivity contribution in [2.24, 2.45) is 5.92 Å². The SMILES string of the molecule is O=C(O)CC1CCC(=O)CC1O. The minimum atomic E-state index is -0.909. The van der Waals surface area contributed by atoms with Crippen LogP contribution in [0.25, 0.3) is 0 Å². The highest BCUT2D eigenvalue weighted by atomic mass is 16.4. The lowest BCUT2D eigenvalue weighted by Gasteiger charge is -2.25. The molecule has 4 nitrogen and oxygen atoms in total. The van der Waals surface area contributed by atoms with Crippen LogP contribution in [0.4, 0.5) is 0 Å². The summed E-state index contributed by atoms with van der Waals surface area (Å²) in [7, 11) is 0. The Balaban J connectivity index is 2.45. The van der Waals surface area contributed by atoms with Crippen LogP contribution in [-0.4, -0.2) is 28.1 Å². The van der Waals surface area contributed by atoms with Crippen molar-refractivity contribution in [3.63, 3.8) is 0 Å². The monoisotopic (exact) mass is 172 g/mol. The molecule has 1 saturated carbocycles. The Morgan fingerprint density at radius 2 is 2.25 bits per heavy atom. The van der Waals surface area contributed by atoms with Gasteiger partial charge in [0.2, 0.25) is 0 Å². The molecule has 0 radical (unpaired) electrons. The zero-order valence-electron chi connectivity index (χ0n) is 6.69. The van der Waals surface area contributed by atoms with E-state index in [1.54, 1.807) is 0 Å². The van der Waals surface area contributed by atoms with E-state index < -0.39 is 12.1 Å². The molecule has 2 unspecified atom stereocenters. The summed E-state index contributed by atoms with van der Waals surface area (Å²) in [5, 5.41) is 17.8. The zero-order chi connectivity index (χ0) is 9.14. The average molecular weight is 172 g/mol. The van der Waals surface area contributed by atoms with Crippen LogP contribution < -0.4 is 0 Å². The van der Waals surface area contributed by atoms with Crippen molar-refractivity contribution in [3.05, 3.63) is 0 Å². The van der Waals surface area contributed by atoms with Gasteiger partial charge >= 0.3 is 5.97 Å². The van der Waals surface area contributed by atoms with Gasteiger partial charge in [0.15, 0.2) is 0 Å². The van der Waals surface area contributed by atoms with Crippen LogP contribution in [0.1, 0.15) is 25.7 Å². The molecule has 12 heavy (non-hydrogen) atoms. The molecule has 0 aromatic heterocycles. The summed E-state index contributed by atoms with van der Waals surface area (Å²) in [6, 6.07) is 0. The Kier molecular flexibility index (Phi) is 2.81. The molecule has 68 valence electrons. The number of hydrogen-bond acceptors (Lipinski definition) is 3. The summed E-state index contributed by atoms with van der Waals surface area (Å²) >= 11 is 0. The maximum Gasteiger partial charge on any atom is 0.303 e. The molecule has 2 N–H and O–H groups in total. The van der Waals surface area contributed by atoms with Crippen LogP contribution >= 0.6 is 0 Å². The number of carboxylic acid groups (broad SMARTS) is 1. The second-order valence-corrected chi connectivity index (χ2v) is 3.21. The molecular formula is C8H12O4. The van der Waals surface area contributed by atoms with Crippen molar-refractivity contribution in [1.82, 2.24) is 0 Å². The number of carboxylic acids is 1. The second-order valence-electron chi connectivity index (χ2n) is 3.21. The maximum absolute atomic E-state index is 10.8. The predicted molar refractivity (Wildman–Crippen MR) is 40.6 cm³/mol. The molecule has 1 fully saturated rings. The van der Waals surface area contributed by atoms with E-state index in [1.165, 1.54) is 0 Å². The largest absolute Gasteiger partial charge is 0.481 e. The summed E-state index contributed by atoms with van der Waals surface area (Å²) in [6.07, 6.45) is 0.260. The number of ketones is 1. The van der Waals surface area contributed by atoms with Crippen LogP contribution in [0, 0.1) is 5.92 Å². The molecule has 1 aliphatic carbocycles. The van der Waals surface area contributed by atoms with Gasteiger partial charge in [-0.15, -0.1) is 0 Å². The van der Waals surface area contributed by atoms with E-state index in [2.05, 4.69) is 0 Å². The minimum absolute atomic E-state index is 0.0316. The van der Waals surface area contributed by atoms with Gasteiger partial charge in [0.1, 0.15) is 5.78 Å². The number of carbonyl (C=O) groups excluding carboxylic acids is 1. The van der Waals surface area contributed by atoms with Crippen LogP contribution in [0.5, 0.6) is 0 Å². The number of aliphatic hydroxyl groups excluding tert-OH is 1. The van der Waals surface area contributed by atoms with Crippen LogP contribution in [0.3, 0.4) is 0 Å². The van der Waals surface area contributed by atoms with Gasteiger partial charge < -0.3 is 10.2 Å². The van der Waals surface area contributed by atoms with E-state index in [1.807, 2.05) is 0 Å². The minimum Gasteiger partial charge on any atom is -0.481 e. The molecule has 0 heterocycles. The summed E-state index contributed by atoms with van der Waals surface area (Å²) < 4.78 is 0. The lowest BCUT2D eigenvalue weighted by atomic mass is 9.84. The standard InChI is InChI=1S/C8H12O4/c9-6-2-1-5(3-8(11)12)7(10)4-6/h5,7,10H,1-4H2,(H,11,12). The molecule has 0 bridgehead atoms. The van der Waals surface area contributed by atoms with Crippen molar-refractivity contribution >= 4 is 11.8 Å². The third kappa shape index (κ3) is 2.30. The van der Waals surface area contributed by atoms with E-state index in [9.17, 15) is 14.7 Å². The summed E-state index contributed by atoms with van der Waals surface area (Å²) in [4.78, 5) is 21.1. The van der Waals surface area contributed by atoms with E-state index in [-0.39, 0.29) is 24.5 Å². The van der Waals surface area contributed by atoms with Gasteiger partial charge in [-0.05, 0) is 12.3 Å². The molecule has 1 aliphatic rings. The summed E-state index contributed by atoms with van der Waals surface area (Å²) in [6.45, 7) is 0. The van der Waals surface area contributed by atoms with Crippen molar-refractivity contribution in [3.8, 4) is 0 Å². The third-order valence-corrected chi connectivity index (χ3v) is 2.21. The highest BCUT2D eigenvalue weighted by molar-refractivity contribution is 5.80. The van der Waals surface area contributed by atoms with Gasteiger partial charge in [-0.25, -0.2) is 0 Å². The molecule has 0 aliphatic heterocycles. The summed E-state index contributed by atoms with van der Waals surface area (Å²) in [5.74, 6) is -1.11. The maximum atomic E-state index is 10.8. The van der Waals surface area contributed by atoms with Gasteiger partial charge in [-0.1, -0.05) is 0 Å². The first-order chi connectivity index (χ1) is 5.59. The number of aliphatic carboxylic acids is 1. The van der Waals surface area contributed by atoms with Crippen molar-refractivity contribution in [2.75, 3.05) is 0 Å². The number of hydrogen-bond donors (Lipinski definition) is 2. The lowest BCUT2D eigenvalue weighted by Crippen LogP contribution is -2.30. The van der Waals surface area contributed by atoms with E-state index in [0.717, 1.165) is 0 Å². The smallest absolute Gasteiger partial charge is 0.303 e. The average Bonchev–Trinajstić information content (AvgIpc) is 1.94. The Hall–Kier alpha value is -0.900. The number of Topliss-reactive ketones (excluding diaryl/α,β-unsaturated/α-hetero) is 1. The van der Waals surface area contributed by atoms with E-state index in [4.69, 9.17) is 5.11 Å². The van der Waals surface area contributed by atoms with Gasteiger partial charge in [0, 0.05) is 12.8 Å². The highest BCUT2D eigenvalue weighted by Gasteiger charge is 2.28. The van der Waals surface area contributed by atoms with E-state index in [0.29, 0.717) is 12.8 Å². The molecule has 0 saturated heterocycles. The predicted octanol–water partition coefficient (Wildman–Crippen LogP) is 0.191. The molecule has 0 spiro atoms. The quantitative estimate of drug-likeness (QED) is 0.623. The number of rotatable bonds is 2. The van der Waals surface area contributed by atoms with Gasteiger partial charge in [0.25, 0.3) is 0 Å². The fourth-order valence-electron chi connectivity index (χ4n) is 1.50. The first-order valence-corrected chi connectivity index (χ1v) is 4.01. The van der Waals surface area contributed by atoms with E-state index >= 15 is 0 Å². The van der Waals surface area contributed by atoms with Crippen molar-refractivity contribution in [1.29, 1.82) is 0 Å². The Bertz CT molecular complexity index is 199. The fourth-order valence-corrected chi connectivity index (χ4v) is 1.50. The lowest BCUT2D eigenvalue weighted by molar-refractivity contribution is -0.141. The Morgan fingerprint density at radius 3 is 2.75 bits per heavy atom. The third-order valence-electron chi connectivity index (χ3n) is 2.21. The van der Waals surface area contributed by atoms with Gasteiger partial charge in [-0.2, -0.15) is 0 Å². The normalized spacial score (nSPS) is 30.2. The fraction of sp³-hybridized carbons (Fsp3) is 0.750. The van der Waals surface area contributed by atoms with Crippen molar-refractivity contribution in [2.45, 2.75) is 31.8 Å². The highest BCUT2D eigenvalue weighted by Crippen LogP contribution is 2.24. The second kappa shape index (κ2) is 3.67. The molecule has 0 aromatic carbocycles. The van der Waals surface area contributed by atoms with Crippen molar-refractivity contribution < 1.29 is 19.8 Å². The topological polar surface area (TPSA) is 74.6 Å². The Morgan fingerprint density at radius 1 is 1.58 bits per heavy atom. The molecule has 1 rings (SSSR count). The first kappa shape index (κ1) is 9.19. The zero-order valence-corrected chi connectivity index (χ0v) is 6.69. The number of aliphatic hydroxyl groups is 1. The van der Waals surface area contributed by atoms with Gasteiger partial charge in [0.05, 0.1) is 12.5 Å². The molecule has 0 amide bonds. The number of carbonyl (C=O) groups is 2. The summed E-state index contributed by atoms with van der Waals surface area (Å²) in [5.41, 5.74) is 0. The van der Waals surface area contributed by atoms with Crippen LogP contribution in [0.2, 0.25) is 0 Å². The first-order valence-electron chi connectivity index (χ1n) is 4.01. The molecular weight excluding hydrogens is 160 g/mol. The Labute approximate surface area is 70.2 Å². The van der Waals surface area contributed by atoms with Crippen LogP contribution in [0.15, 0.2) is 0 Å². The molecule has 2 atom stereocenters. The molecule has 0 aromatic rings. The van der Waals surface area contributed by atoms with Crippen LogP contribution in [-0.2, 0) is 9.59 Å². The molecule has 4 heteroatoms.